The summed E-state index contributed by atoms with van der Waals surface area (Å²) in [5.41, 5.74) is 0.493. The summed E-state index contributed by atoms with van der Waals surface area (Å²) in [6, 6.07) is 6.52. The number of aromatic nitrogens is 1. The molecule has 0 unspecified atom stereocenters. The number of ether oxygens (including phenoxy) is 1. The zero-order valence-corrected chi connectivity index (χ0v) is 11.8. The summed E-state index contributed by atoms with van der Waals surface area (Å²) in [7, 11) is 0. The van der Waals surface area contributed by atoms with Crippen molar-refractivity contribution >= 4 is 31.9 Å². The lowest BCUT2D eigenvalue weighted by Crippen LogP contribution is -1.93. The molecule has 0 radical (unpaired) electrons. The lowest BCUT2D eigenvalue weighted by Gasteiger charge is -2.10. The number of pyridine rings is 1. The smallest absolute Gasteiger partial charge is 0.146 e. The van der Waals surface area contributed by atoms with E-state index < -0.39 is 0 Å². The van der Waals surface area contributed by atoms with Crippen molar-refractivity contribution in [3.63, 3.8) is 0 Å². The molecule has 88 valence electrons. The van der Waals surface area contributed by atoms with Gasteiger partial charge in [0.25, 0.3) is 0 Å². The van der Waals surface area contributed by atoms with Crippen molar-refractivity contribution in [3.8, 4) is 11.5 Å². The Labute approximate surface area is 115 Å². The molecule has 5 heteroatoms. The number of hydrogen-bond acceptors (Lipinski definition) is 2. The monoisotopic (exact) mass is 359 g/mol. The number of halogens is 3. The van der Waals surface area contributed by atoms with Gasteiger partial charge >= 0.3 is 0 Å². The first-order valence-corrected chi connectivity index (χ1v) is 6.74. The van der Waals surface area contributed by atoms with Crippen LogP contribution in [-0.4, -0.2) is 4.98 Å². The van der Waals surface area contributed by atoms with Gasteiger partial charge in [0.1, 0.15) is 17.3 Å². The highest BCUT2D eigenvalue weighted by atomic mass is 79.9. The maximum Gasteiger partial charge on any atom is 0.146 e. The fourth-order valence-corrected chi connectivity index (χ4v) is 2.23. The van der Waals surface area contributed by atoms with Crippen molar-refractivity contribution in [1.82, 2.24) is 4.98 Å². The molecule has 0 N–H and O–H groups in total. The van der Waals surface area contributed by atoms with Gasteiger partial charge in [-0.2, -0.15) is 0 Å². The highest BCUT2D eigenvalue weighted by molar-refractivity contribution is 9.10. The highest BCUT2D eigenvalue weighted by Gasteiger charge is 2.09. The lowest BCUT2D eigenvalue weighted by molar-refractivity contribution is 0.468. The Hall–Kier alpha value is -0.940. The van der Waals surface area contributed by atoms with Gasteiger partial charge in [0.2, 0.25) is 0 Å². The summed E-state index contributed by atoms with van der Waals surface area (Å²) in [6.07, 6.45) is 3.23. The molecule has 0 saturated heterocycles. The molecule has 1 heterocycles. The predicted octanol–water partition coefficient (Wildman–Crippen LogP) is 4.67. The third-order valence-electron chi connectivity index (χ3n) is 2.12. The molecule has 0 aliphatic heterocycles. The Balaban J connectivity index is 2.33. The molecule has 1 aromatic carbocycles. The maximum absolute atomic E-state index is 13.5. The van der Waals surface area contributed by atoms with E-state index in [4.69, 9.17) is 4.74 Å². The Kier molecular flexibility index (Phi) is 4.12. The van der Waals surface area contributed by atoms with Gasteiger partial charge in [-0.25, -0.2) is 4.39 Å². The van der Waals surface area contributed by atoms with E-state index in [1.54, 1.807) is 30.6 Å². The number of nitrogens with zero attached hydrogens (tertiary/aromatic N) is 1. The Morgan fingerprint density at radius 3 is 2.82 bits per heavy atom. The Morgan fingerprint density at radius 2 is 2.12 bits per heavy atom. The van der Waals surface area contributed by atoms with Crippen LogP contribution in [0.2, 0.25) is 0 Å². The van der Waals surface area contributed by atoms with Gasteiger partial charge in [-0.3, -0.25) is 4.98 Å². The molecule has 0 spiro atoms. The third-order valence-corrected chi connectivity index (χ3v) is 3.11. The van der Waals surface area contributed by atoms with Crippen LogP contribution in [0, 0.1) is 5.82 Å². The molecule has 1 aromatic heterocycles. The van der Waals surface area contributed by atoms with Crippen LogP contribution in [-0.2, 0) is 5.33 Å². The molecule has 0 aliphatic rings. The van der Waals surface area contributed by atoms with Crippen LogP contribution < -0.4 is 4.74 Å². The number of hydrogen-bond donors (Lipinski definition) is 0. The molecular formula is C12H8Br2FNO. The number of benzene rings is 1. The molecular weight excluding hydrogens is 353 g/mol. The van der Waals surface area contributed by atoms with Gasteiger partial charge in [0, 0.05) is 21.6 Å². The second kappa shape index (κ2) is 5.60. The second-order valence-corrected chi connectivity index (χ2v) is 4.77. The quantitative estimate of drug-likeness (QED) is 0.742. The van der Waals surface area contributed by atoms with Crippen LogP contribution in [0.15, 0.2) is 41.1 Å². The Bertz CT molecular complexity index is 534. The first kappa shape index (κ1) is 12.5. The number of rotatable bonds is 3. The highest BCUT2D eigenvalue weighted by Crippen LogP contribution is 2.29. The standard InChI is InChI=1S/C12H8Br2FNO/c13-5-10-11(15)2-1-3-12(10)17-9-4-8(14)6-16-7-9/h1-4,6-7H,5H2. The van der Waals surface area contributed by atoms with Crippen molar-refractivity contribution in [3.05, 3.63) is 52.5 Å². The van der Waals surface area contributed by atoms with E-state index in [2.05, 4.69) is 36.8 Å². The van der Waals surface area contributed by atoms with Gasteiger partial charge in [0.15, 0.2) is 0 Å². The topological polar surface area (TPSA) is 22.1 Å². The van der Waals surface area contributed by atoms with Crippen LogP contribution in [0.4, 0.5) is 4.39 Å². The van der Waals surface area contributed by atoms with Crippen LogP contribution in [0.25, 0.3) is 0 Å². The van der Waals surface area contributed by atoms with Crippen LogP contribution in [0.1, 0.15) is 5.56 Å². The fraction of sp³-hybridized carbons (Fsp3) is 0.0833. The van der Waals surface area contributed by atoms with Gasteiger partial charge in [-0.05, 0) is 34.1 Å². The first-order chi connectivity index (χ1) is 8.20. The maximum atomic E-state index is 13.5. The van der Waals surface area contributed by atoms with Crippen molar-refractivity contribution in [2.45, 2.75) is 5.33 Å². The summed E-state index contributed by atoms with van der Waals surface area (Å²) >= 11 is 6.54. The summed E-state index contributed by atoms with van der Waals surface area (Å²) in [5.74, 6) is 0.760. The minimum Gasteiger partial charge on any atom is -0.455 e. The molecule has 2 rings (SSSR count). The summed E-state index contributed by atoms with van der Waals surface area (Å²) in [5, 5.41) is 0.399. The second-order valence-electron chi connectivity index (χ2n) is 3.29. The molecule has 0 atom stereocenters. The summed E-state index contributed by atoms with van der Waals surface area (Å²) in [6.45, 7) is 0. The zero-order chi connectivity index (χ0) is 12.3. The normalized spacial score (nSPS) is 10.3. The van der Waals surface area contributed by atoms with Gasteiger partial charge in [0.05, 0.1) is 6.20 Å². The molecule has 0 saturated carbocycles. The minimum absolute atomic E-state index is 0.290. The van der Waals surface area contributed by atoms with Gasteiger partial charge < -0.3 is 4.74 Å². The average Bonchev–Trinajstić information content (AvgIpc) is 2.29. The van der Waals surface area contributed by atoms with Gasteiger partial charge in [-0.1, -0.05) is 22.0 Å². The lowest BCUT2D eigenvalue weighted by atomic mass is 10.2. The van der Waals surface area contributed by atoms with Crippen LogP contribution in [0.5, 0.6) is 11.5 Å². The fourth-order valence-electron chi connectivity index (χ4n) is 1.34. The summed E-state index contributed by atoms with van der Waals surface area (Å²) < 4.78 is 19.9. The molecule has 0 amide bonds. The molecule has 0 fully saturated rings. The van der Waals surface area contributed by atoms with Gasteiger partial charge in [-0.15, -0.1) is 0 Å². The molecule has 0 bridgehead atoms. The van der Waals surface area contributed by atoms with E-state index in [0.717, 1.165) is 4.47 Å². The average molecular weight is 361 g/mol. The number of alkyl halides is 1. The predicted molar refractivity (Wildman–Crippen MR) is 71.0 cm³/mol. The van der Waals surface area contributed by atoms with E-state index >= 15 is 0 Å². The van der Waals surface area contributed by atoms with E-state index in [0.29, 0.717) is 22.4 Å². The third kappa shape index (κ3) is 3.04. The molecule has 0 aliphatic carbocycles. The SMILES string of the molecule is Fc1cccc(Oc2cncc(Br)c2)c1CBr. The molecule has 2 nitrogen and oxygen atoms in total. The molecule has 17 heavy (non-hydrogen) atoms. The van der Waals surface area contributed by atoms with E-state index in [1.807, 2.05) is 0 Å². The largest absolute Gasteiger partial charge is 0.455 e. The first-order valence-electron chi connectivity index (χ1n) is 4.82. The van der Waals surface area contributed by atoms with Crippen molar-refractivity contribution < 1.29 is 9.13 Å². The van der Waals surface area contributed by atoms with Crippen molar-refractivity contribution in [2.24, 2.45) is 0 Å². The van der Waals surface area contributed by atoms with Crippen molar-refractivity contribution in [1.29, 1.82) is 0 Å². The van der Waals surface area contributed by atoms with Crippen LogP contribution in [0.3, 0.4) is 0 Å². The minimum atomic E-state index is -0.290. The zero-order valence-electron chi connectivity index (χ0n) is 8.66. The van der Waals surface area contributed by atoms with Crippen LogP contribution >= 0.6 is 31.9 Å². The van der Waals surface area contributed by atoms with E-state index in [1.165, 1.54) is 6.07 Å². The summed E-state index contributed by atoms with van der Waals surface area (Å²) in [4.78, 5) is 3.98. The van der Waals surface area contributed by atoms with E-state index in [9.17, 15) is 4.39 Å². The molecule has 2 aromatic rings. The van der Waals surface area contributed by atoms with E-state index in [-0.39, 0.29) is 5.82 Å². The Morgan fingerprint density at radius 1 is 1.29 bits per heavy atom. The van der Waals surface area contributed by atoms with Crippen molar-refractivity contribution in [2.75, 3.05) is 0 Å².